The maximum absolute atomic E-state index is 12.1. The van der Waals surface area contributed by atoms with Crippen molar-refractivity contribution >= 4 is 11.6 Å². The Balaban J connectivity index is 1.76. The molecule has 0 aliphatic carbocycles. The third-order valence-electron chi connectivity index (χ3n) is 3.72. The van der Waals surface area contributed by atoms with E-state index in [9.17, 15) is 4.79 Å². The van der Waals surface area contributed by atoms with Crippen LogP contribution in [0.5, 0.6) is 17.2 Å². The van der Waals surface area contributed by atoms with E-state index in [1.54, 1.807) is 39.5 Å². The molecule has 0 atom stereocenters. The highest BCUT2D eigenvalue weighted by molar-refractivity contribution is 5.93. The summed E-state index contributed by atoms with van der Waals surface area (Å²) in [6.07, 6.45) is 0.836. The molecule has 0 heterocycles. The Morgan fingerprint density at radius 1 is 0.920 bits per heavy atom. The van der Waals surface area contributed by atoms with E-state index in [4.69, 9.17) is 14.2 Å². The fourth-order valence-corrected chi connectivity index (χ4v) is 2.32. The molecule has 0 aromatic heterocycles. The molecule has 0 aliphatic rings. The third-order valence-corrected chi connectivity index (χ3v) is 3.72. The monoisotopic (exact) mass is 344 g/mol. The number of anilines is 1. The lowest BCUT2D eigenvalue weighted by molar-refractivity contribution is -0.115. The second-order valence-corrected chi connectivity index (χ2v) is 5.39. The predicted octanol–water partition coefficient (Wildman–Crippen LogP) is 2.48. The third kappa shape index (κ3) is 5.69. The van der Waals surface area contributed by atoms with Crippen LogP contribution in [0.2, 0.25) is 0 Å². The molecule has 0 saturated heterocycles. The molecule has 0 bridgehead atoms. The van der Waals surface area contributed by atoms with Crippen LogP contribution in [0.3, 0.4) is 0 Å². The van der Waals surface area contributed by atoms with E-state index in [2.05, 4.69) is 10.6 Å². The average Bonchev–Trinajstić information content (AvgIpc) is 2.66. The van der Waals surface area contributed by atoms with Crippen molar-refractivity contribution < 1.29 is 19.0 Å². The Bertz CT molecular complexity index is 686. The second-order valence-electron chi connectivity index (χ2n) is 5.39. The topological polar surface area (TPSA) is 68.8 Å². The van der Waals surface area contributed by atoms with Crippen LogP contribution in [-0.2, 0) is 11.2 Å². The molecule has 134 valence electrons. The van der Waals surface area contributed by atoms with Crippen molar-refractivity contribution in [1.82, 2.24) is 5.32 Å². The van der Waals surface area contributed by atoms with Crippen molar-refractivity contribution in [3.63, 3.8) is 0 Å². The first-order valence-corrected chi connectivity index (χ1v) is 8.01. The van der Waals surface area contributed by atoms with Crippen LogP contribution in [0.15, 0.2) is 42.5 Å². The van der Waals surface area contributed by atoms with Gasteiger partial charge in [0.15, 0.2) is 0 Å². The summed E-state index contributed by atoms with van der Waals surface area (Å²) in [4.78, 5) is 12.1. The zero-order valence-corrected chi connectivity index (χ0v) is 14.8. The van der Waals surface area contributed by atoms with Gasteiger partial charge in [-0.15, -0.1) is 0 Å². The summed E-state index contributed by atoms with van der Waals surface area (Å²) >= 11 is 0. The normalized spacial score (nSPS) is 10.2. The number of carbonyl (C=O) groups is 1. The summed E-state index contributed by atoms with van der Waals surface area (Å²) in [5, 5.41) is 5.96. The number of hydrogen-bond donors (Lipinski definition) is 2. The summed E-state index contributed by atoms with van der Waals surface area (Å²) in [6.45, 7) is 0.935. The van der Waals surface area contributed by atoms with Gasteiger partial charge in [-0.05, 0) is 42.8 Å². The highest BCUT2D eigenvalue weighted by atomic mass is 16.5. The van der Waals surface area contributed by atoms with Crippen LogP contribution >= 0.6 is 0 Å². The number of rotatable bonds is 9. The first-order valence-electron chi connectivity index (χ1n) is 8.01. The zero-order valence-electron chi connectivity index (χ0n) is 14.8. The molecule has 0 fully saturated rings. The molecule has 2 aromatic rings. The van der Waals surface area contributed by atoms with Crippen LogP contribution in [-0.4, -0.2) is 40.3 Å². The number of amides is 1. The number of carbonyl (C=O) groups excluding carboxylic acids is 1. The Hall–Kier alpha value is -2.73. The number of benzene rings is 2. The molecular weight excluding hydrogens is 320 g/mol. The standard InChI is InChI=1S/C19H24N2O4/c1-23-15-6-4-14(5-7-15)10-11-20-13-19(22)21-17-9-8-16(24-2)12-18(17)25-3/h4-9,12,20H,10-11,13H2,1-3H3,(H,21,22). The highest BCUT2D eigenvalue weighted by Crippen LogP contribution is 2.28. The summed E-state index contributed by atoms with van der Waals surface area (Å²) < 4.78 is 15.5. The smallest absolute Gasteiger partial charge is 0.238 e. The summed E-state index contributed by atoms with van der Waals surface area (Å²) in [5.74, 6) is 1.95. The van der Waals surface area contributed by atoms with E-state index in [1.807, 2.05) is 24.3 Å². The first-order chi connectivity index (χ1) is 12.2. The van der Waals surface area contributed by atoms with E-state index in [0.717, 1.165) is 12.2 Å². The van der Waals surface area contributed by atoms with Gasteiger partial charge in [-0.1, -0.05) is 12.1 Å². The molecule has 0 spiro atoms. The van der Waals surface area contributed by atoms with Crippen molar-refractivity contribution in [1.29, 1.82) is 0 Å². The quantitative estimate of drug-likeness (QED) is 0.684. The van der Waals surface area contributed by atoms with Gasteiger partial charge >= 0.3 is 0 Å². The van der Waals surface area contributed by atoms with Crippen molar-refractivity contribution in [3.8, 4) is 17.2 Å². The van der Waals surface area contributed by atoms with Crippen LogP contribution in [0.4, 0.5) is 5.69 Å². The molecule has 0 aliphatic heterocycles. The minimum absolute atomic E-state index is 0.127. The Morgan fingerprint density at radius 3 is 2.24 bits per heavy atom. The zero-order chi connectivity index (χ0) is 18.1. The molecule has 2 N–H and O–H groups in total. The van der Waals surface area contributed by atoms with Crippen molar-refractivity contribution in [2.45, 2.75) is 6.42 Å². The SMILES string of the molecule is COc1ccc(CCNCC(=O)Nc2ccc(OC)cc2OC)cc1. The summed E-state index contributed by atoms with van der Waals surface area (Å²) in [6, 6.07) is 13.1. The van der Waals surface area contributed by atoms with Gasteiger partial charge in [0.2, 0.25) is 5.91 Å². The fraction of sp³-hybridized carbons (Fsp3) is 0.316. The molecule has 6 nitrogen and oxygen atoms in total. The minimum atomic E-state index is -0.127. The van der Waals surface area contributed by atoms with Gasteiger partial charge in [0, 0.05) is 6.07 Å². The second kappa shape index (κ2) is 9.54. The van der Waals surface area contributed by atoms with Gasteiger partial charge in [-0.2, -0.15) is 0 Å². The molecule has 6 heteroatoms. The van der Waals surface area contributed by atoms with Gasteiger partial charge in [0.25, 0.3) is 0 Å². The van der Waals surface area contributed by atoms with Crippen molar-refractivity contribution in [2.75, 3.05) is 39.7 Å². The highest BCUT2D eigenvalue weighted by Gasteiger charge is 2.08. The lowest BCUT2D eigenvalue weighted by Crippen LogP contribution is -2.29. The van der Waals surface area contributed by atoms with Gasteiger partial charge in [0.1, 0.15) is 17.2 Å². The molecule has 1 amide bonds. The van der Waals surface area contributed by atoms with Crippen molar-refractivity contribution in [2.24, 2.45) is 0 Å². The van der Waals surface area contributed by atoms with E-state index in [0.29, 0.717) is 23.7 Å². The lowest BCUT2D eigenvalue weighted by atomic mass is 10.1. The molecule has 25 heavy (non-hydrogen) atoms. The van der Waals surface area contributed by atoms with Crippen LogP contribution in [0.25, 0.3) is 0 Å². The number of hydrogen-bond acceptors (Lipinski definition) is 5. The van der Waals surface area contributed by atoms with E-state index in [-0.39, 0.29) is 12.5 Å². The van der Waals surface area contributed by atoms with E-state index >= 15 is 0 Å². The van der Waals surface area contributed by atoms with E-state index < -0.39 is 0 Å². The molecule has 0 radical (unpaired) electrons. The van der Waals surface area contributed by atoms with Gasteiger partial charge in [0.05, 0.1) is 33.6 Å². The molecule has 0 unspecified atom stereocenters. The summed E-state index contributed by atoms with van der Waals surface area (Å²) in [5.41, 5.74) is 1.80. The molecule has 2 rings (SSSR count). The first kappa shape index (κ1) is 18.6. The number of methoxy groups -OCH3 is 3. The molecular formula is C19H24N2O4. The van der Waals surface area contributed by atoms with Crippen molar-refractivity contribution in [3.05, 3.63) is 48.0 Å². The number of ether oxygens (including phenoxy) is 3. The van der Waals surface area contributed by atoms with Crippen LogP contribution in [0.1, 0.15) is 5.56 Å². The Labute approximate surface area is 148 Å². The van der Waals surface area contributed by atoms with Gasteiger partial charge < -0.3 is 24.8 Å². The van der Waals surface area contributed by atoms with Crippen LogP contribution < -0.4 is 24.8 Å². The lowest BCUT2D eigenvalue weighted by Gasteiger charge is -2.12. The minimum Gasteiger partial charge on any atom is -0.497 e. The Kier molecular flexibility index (Phi) is 7.10. The average molecular weight is 344 g/mol. The largest absolute Gasteiger partial charge is 0.497 e. The van der Waals surface area contributed by atoms with E-state index in [1.165, 1.54) is 5.56 Å². The fourth-order valence-electron chi connectivity index (χ4n) is 2.32. The van der Waals surface area contributed by atoms with Gasteiger partial charge in [-0.3, -0.25) is 4.79 Å². The summed E-state index contributed by atoms with van der Waals surface area (Å²) in [7, 11) is 4.78. The predicted molar refractivity (Wildman–Crippen MR) is 97.7 cm³/mol. The molecule has 2 aromatic carbocycles. The maximum atomic E-state index is 12.1. The van der Waals surface area contributed by atoms with Gasteiger partial charge in [-0.25, -0.2) is 0 Å². The van der Waals surface area contributed by atoms with Crippen LogP contribution in [0, 0.1) is 0 Å². The molecule has 0 saturated carbocycles. The maximum Gasteiger partial charge on any atom is 0.238 e. The Morgan fingerprint density at radius 2 is 1.60 bits per heavy atom. The number of nitrogens with one attached hydrogen (secondary N) is 2.